The summed E-state index contributed by atoms with van der Waals surface area (Å²) in [7, 11) is 1.81. The van der Waals surface area contributed by atoms with Gasteiger partial charge in [0.1, 0.15) is 11.9 Å². The molecular weight excluding hydrogens is 445 g/mol. The lowest BCUT2D eigenvalue weighted by atomic mass is 9.96. The number of piperazine rings is 1. The number of fused-ring (bicyclic) bond motifs is 3. The van der Waals surface area contributed by atoms with Gasteiger partial charge >= 0.3 is 0 Å². The number of halogens is 1. The van der Waals surface area contributed by atoms with Crippen LogP contribution in [-0.4, -0.2) is 75.6 Å². The predicted octanol–water partition coefficient (Wildman–Crippen LogP) is 3.10. The zero-order valence-corrected chi connectivity index (χ0v) is 20.4. The minimum atomic E-state index is -0.207. The summed E-state index contributed by atoms with van der Waals surface area (Å²) >= 11 is 0. The molecule has 1 atom stereocenters. The third-order valence-corrected chi connectivity index (χ3v) is 7.53. The van der Waals surface area contributed by atoms with Gasteiger partial charge in [-0.05, 0) is 74.7 Å². The number of nitrogens with one attached hydrogen (secondary N) is 1. The van der Waals surface area contributed by atoms with Gasteiger partial charge in [-0.15, -0.1) is 0 Å². The second-order valence-electron chi connectivity index (χ2n) is 9.72. The molecular formula is C27H34FN5O2. The molecule has 5 rings (SSSR count). The Labute approximate surface area is 206 Å². The van der Waals surface area contributed by atoms with Crippen LogP contribution in [0, 0.1) is 5.82 Å². The molecule has 3 heterocycles. The van der Waals surface area contributed by atoms with E-state index < -0.39 is 0 Å². The Balaban J connectivity index is 1.09. The average Bonchev–Trinajstić information content (AvgIpc) is 2.90. The van der Waals surface area contributed by atoms with Gasteiger partial charge in [0.2, 0.25) is 5.91 Å². The van der Waals surface area contributed by atoms with E-state index in [0.29, 0.717) is 12.1 Å². The molecule has 35 heavy (non-hydrogen) atoms. The molecule has 0 aromatic heterocycles. The minimum absolute atomic E-state index is 0.0708. The standard InChI is InChI=1S/C27H34FN5O2/c1-30-25-19-20(6-11-23(25)33-14-3-2-5-24(33)27(30)35)26(34)29-12-4-13-31-15-17-32(18-16-31)22-9-7-21(28)8-10-22/h6-11,19,24H,2-5,12-18H2,1H3,(H,29,34). The Kier molecular flexibility index (Phi) is 6.90. The maximum atomic E-state index is 13.1. The number of hydrogen-bond acceptors (Lipinski definition) is 5. The SMILES string of the molecule is CN1C(=O)C2CCCCN2c2ccc(C(=O)NCCCN3CCN(c4ccc(F)cc4)CC3)cc21. The molecule has 3 aliphatic heterocycles. The summed E-state index contributed by atoms with van der Waals surface area (Å²) in [6.07, 6.45) is 3.95. The van der Waals surface area contributed by atoms with Crippen LogP contribution >= 0.6 is 0 Å². The summed E-state index contributed by atoms with van der Waals surface area (Å²) in [6, 6.07) is 12.3. The summed E-state index contributed by atoms with van der Waals surface area (Å²) in [5, 5.41) is 3.04. The lowest BCUT2D eigenvalue weighted by Gasteiger charge is -2.44. The van der Waals surface area contributed by atoms with E-state index in [9.17, 15) is 14.0 Å². The molecule has 2 amide bonds. The van der Waals surface area contributed by atoms with Crippen LogP contribution in [0.1, 0.15) is 36.0 Å². The second-order valence-corrected chi connectivity index (χ2v) is 9.72. The van der Waals surface area contributed by atoms with Crippen molar-refractivity contribution in [2.45, 2.75) is 31.7 Å². The monoisotopic (exact) mass is 479 g/mol. The van der Waals surface area contributed by atoms with Gasteiger partial charge in [-0.2, -0.15) is 0 Å². The number of carbonyl (C=O) groups is 2. The molecule has 2 aromatic carbocycles. The van der Waals surface area contributed by atoms with Gasteiger partial charge in [0.05, 0.1) is 11.4 Å². The maximum absolute atomic E-state index is 13.1. The first kappa shape index (κ1) is 23.6. The Bertz CT molecular complexity index is 1070. The number of anilines is 3. The molecule has 8 heteroatoms. The van der Waals surface area contributed by atoms with Crippen LogP contribution in [0.3, 0.4) is 0 Å². The van der Waals surface area contributed by atoms with E-state index in [1.54, 1.807) is 4.90 Å². The number of piperidine rings is 1. The zero-order valence-electron chi connectivity index (χ0n) is 20.4. The highest BCUT2D eigenvalue weighted by molar-refractivity contribution is 6.07. The molecule has 2 fully saturated rings. The highest BCUT2D eigenvalue weighted by Crippen LogP contribution is 2.39. The van der Waals surface area contributed by atoms with Gasteiger partial charge in [-0.3, -0.25) is 14.5 Å². The number of benzene rings is 2. The van der Waals surface area contributed by atoms with Gasteiger partial charge in [0, 0.05) is 57.6 Å². The number of rotatable bonds is 6. The van der Waals surface area contributed by atoms with E-state index in [0.717, 1.165) is 82.0 Å². The van der Waals surface area contributed by atoms with Crippen molar-refractivity contribution in [1.29, 1.82) is 0 Å². The first-order valence-corrected chi connectivity index (χ1v) is 12.7. The quantitative estimate of drug-likeness (QED) is 0.646. The van der Waals surface area contributed by atoms with Gasteiger partial charge in [-0.1, -0.05) is 0 Å². The highest BCUT2D eigenvalue weighted by Gasteiger charge is 2.38. The summed E-state index contributed by atoms with van der Waals surface area (Å²) in [4.78, 5) is 34.2. The molecule has 2 aromatic rings. The van der Waals surface area contributed by atoms with Crippen molar-refractivity contribution < 1.29 is 14.0 Å². The van der Waals surface area contributed by atoms with Crippen LogP contribution in [0.5, 0.6) is 0 Å². The summed E-state index contributed by atoms with van der Waals surface area (Å²) < 4.78 is 13.1. The number of likely N-dealkylation sites (N-methyl/N-ethyl adjacent to an activating group) is 1. The fourth-order valence-electron chi connectivity index (χ4n) is 5.48. The van der Waals surface area contributed by atoms with Crippen molar-refractivity contribution in [3.63, 3.8) is 0 Å². The average molecular weight is 480 g/mol. The Morgan fingerprint density at radius 3 is 2.54 bits per heavy atom. The van der Waals surface area contributed by atoms with E-state index in [2.05, 4.69) is 20.0 Å². The Morgan fingerprint density at radius 1 is 1.00 bits per heavy atom. The molecule has 2 saturated heterocycles. The van der Waals surface area contributed by atoms with Crippen molar-refractivity contribution in [2.24, 2.45) is 0 Å². The van der Waals surface area contributed by atoms with Gasteiger partial charge in [0.15, 0.2) is 0 Å². The van der Waals surface area contributed by atoms with Crippen LogP contribution in [0.25, 0.3) is 0 Å². The third-order valence-electron chi connectivity index (χ3n) is 7.53. The zero-order chi connectivity index (χ0) is 24.4. The van der Waals surface area contributed by atoms with Crippen LogP contribution in [-0.2, 0) is 4.79 Å². The van der Waals surface area contributed by atoms with E-state index in [1.807, 2.05) is 37.4 Å². The molecule has 3 aliphatic rings. The molecule has 0 bridgehead atoms. The first-order chi connectivity index (χ1) is 17.0. The Hall–Kier alpha value is -3.13. The fourth-order valence-corrected chi connectivity index (χ4v) is 5.48. The first-order valence-electron chi connectivity index (χ1n) is 12.7. The summed E-state index contributed by atoms with van der Waals surface area (Å²) in [5.74, 6) is -0.189. The largest absolute Gasteiger partial charge is 0.369 e. The van der Waals surface area contributed by atoms with Crippen LogP contribution < -0.4 is 20.0 Å². The lowest BCUT2D eigenvalue weighted by molar-refractivity contribution is -0.120. The minimum Gasteiger partial charge on any atom is -0.369 e. The molecule has 0 radical (unpaired) electrons. The molecule has 1 N–H and O–H groups in total. The number of carbonyl (C=O) groups excluding carboxylic acids is 2. The number of amides is 2. The molecule has 0 spiro atoms. The van der Waals surface area contributed by atoms with E-state index in [-0.39, 0.29) is 23.7 Å². The molecule has 1 unspecified atom stereocenters. The van der Waals surface area contributed by atoms with E-state index in [4.69, 9.17) is 0 Å². The van der Waals surface area contributed by atoms with Crippen molar-refractivity contribution in [3.8, 4) is 0 Å². The van der Waals surface area contributed by atoms with Crippen LogP contribution in [0.2, 0.25) is 0 Å². The lowest BCUT2D eigenvalue weighted by Crippen LogP contribution is -2.54. The Morgan fingerprint density at radius 2 is 1.77 bits per heavy atom. The summed E-state index contributed by atoms with van der Waals surface area (Å²) in [5.41, 5.74) is 3.52. The van der Waals surface area contributed by atoms with Gasteiger partial charge < -0.3 is 20.0 Å². The van der Waals surface area contributed by atoms with Crippen molar-refractivity contribution >= 4 is 28.9 Å². The van der Waals surface area contributed by atoms with E-state index in [1.165, 1.54) is 12.1 Å². The number of nitrogens with zero attached hydrogens (tertiary/aromatic N) is 4. The molecule has 0 aliphatic carbocycles. The van der Waals surface area contributed by atoms with Crippen LogP contribution in [0.4, 0.5) is 21.5 Å². The van der Waals surface area contributed by atoms with Gasteiger partial charge in [-0.25, -0.2) is 4.39 Å². The molecule has 186 valence electrons. The molecule has 7 nitrogen and oxygen atoms in total. The maximum Gasteiger partial charge on any atom is 0.251 e. The molecule has 0 saturated carbocycles. The second kappa shape index (κ2) is 10.2. The summed E-state index contributed by atoms with van der Waals surface area (Å²) in [6.45, 7) is 6.16. The normalized spacial score (nSPS) is 20.5. The van der Waals surface area contributed by atoms with Crippen molar-refractivity contribution in [3.05, 3.63) is 53.8 Å². The van der Waals surface area contributed by atoms with E-state index >= 15 is 0 Å². The van der Waals surface area contributed by atoms with Crippen molar-refractivity contribution in [2.75, 3.05) is 67.6 Å². The number of hydrogen-bond donors (Lipinski definition) is 1. The smallest absolute Gasteiger partial charge is 0.251 e. The van der Waals surface area contributed by atoms with Crippen molar-refractivity contribution in [1.82, 2.24) is 10.2 Å². The fraction of sp³-hybridized carbons (Fsp3) is 0.481. The van der Waals surface area contributed by atoms with Gasteiger partial charge in [0.25, 0.3) is 5.91 Å². The van der Waals surface area contributed by atoms with Crippen LogP contribution in [0.15, 0.2) is 42.5 Å². The predicted molar refractivity (Wildman–Crippen MR) is 137 cm³/mol. The highest BCUT2D eigenvalue weighted by atomic mass is 19.1. The third kappa shape index (κ3) is 4.98. The topological polar surface area (TPSA) is 59.1 Å².